The predicted octanol–water partition coefficient (Wildman–Crippen LogP) is 2.19. The van der Waals surface area contributed by atoms with Gasteiger partial charge < -0.3 is 9.64 Å². The minimum absolute atomic E-state index is 0.262. The van der Waals surface area contributed by atoms with Crippen molar-refractivity contribution in [1.82, 2.24) is 4.90 Å². The quantitative estimate of drug-likeness (QED) is 0.588. The summed E-state index contributed by atoms with van der Waals surface area (Å²) < 4.78 is 5.17. The maximum Gasteiger partial charge on any atom is 0.329 e. The summed E-state index contributed by atoms with van der Waals surface area (Å²) in [4.78, 5) is 52.6. The molecule has 7 heteroatoms. The summed E-state index contributed by atoms with van der Waals surface area (Å²) in [7, 11) is 0. The lowest BCUT2D eigenvalue weighted by molar-refractivity contribution is -0.151. The molecule has 0 aromatic heterocycles. The number of ether oxygens (including phenoxy) is 1. The summed E-state index contributed by atoms with van der Waals surface area (Å²) in [6.07, 6.45) is 1.73. The molecule has 0 unspecified atom stereocenters. The van der Waals surface area contributed by atoms with Gasteiger partial charge in [-0.05, 0) is 43.5 Å². The average molecular weight is 392 g/mol. The van der Waals surface area contributed by atoms with Crippen LogP contribution in [0.3, 0.4) is 0 Å². The molecule has 1 atom stereocenters. The van der Waals surface area contributed by atoms with E-state index < -0.39 is 30.4 Å². The molecule has 4 rings (SSSR count). The first-order chi connectivity index (χ1) is 14.0. The molecule has 2 aromatic rings. The average Bonchev–Trinajstić information content (AvgIpc) is 3.01. The van der Waals surface area contributed by atoms with Gasteiger partial charge in [0.2, 0.25) is 0 Å². The van der Waals surface area contributed by atoms with Gasteiger partial charge in [0.05, 0.1) is 11.1 Å². The summed E-state index contributed by atoms with van der Waals surface area (Å²) in [6, 6.07) is 12.9. The van der Waals surface area contributed by atoms with E-state index in [0.29, 0.717) is 6.54 Å². The van der Waals surface area contributed by atoms with Crippen molar-refractivity contribution < 1.29 is 23.9 Å². The van der Waals surface area contributed by atoms with Gasteiger partial charge in [-0.2, -0.15) is 0 Å². The topological polar surface area (TPSA) is 84.0 Å². The molecule has 7 nitrogen and oxygen atoms in total. The number of hydrogen-bond donors (Lipinski definition) is 0. The summed E-state index contributed by atoms with van der Waals surface area (Å²) in [5.41, 5.74) is 2.43. The fraction of sp³-hybridized carbons (Fsp3) is 0.273. The Morgan fingerprint density at radius 1 is 1.00 bits per heavy atom. The van der Waals surface area contributed by atoms with Crippen molar-refractivity contribution in [3.05, 3.63) is 65.2 Å². The van der Waals surface area contributed by atoms with Crippen LogP contribution >= 0.6 is 0 Å². The zero-order chi connectivity index (χ0) is 20.5. The summed E-state index contributed by atoms with van der Waals surface area (Å²) in [6.45, 7) is 1.53. The normalized spacial score (nSPS) is 16.3. The van der Waals surface area contributed by atoms with Gasteiger partial charge in [-0.25, -0.2) is 4.79 Å². The van der Waals surface area contributed by atoms with E-state index in [1.165, 1.54) is 6.92 Å². The Bertz CT molecular complexity index is 981. The number of carbonyl (C=O) groups excluding carboxylic acids is 4. The van der Waals surface area contributed by atoms with Gasteiger partial charge in [0.1, 0.15) is 6.04 Å². The molecule has 148 valence electrons. The van der Waals surface area contributed by atoms with E-state index >= 15 is 0 Å². The van der Waals surface area contributed by atoms with Crippen LogP contribution in [0.2, 0.25) is 0 Å². The third kappa shape index (κ3) is 3.29. The molecular weight excluding hydrogens is 372 g/mol. The second-order valence-electron chi connectivity index (χ2n) is 7.09. The van der Waals surface area contributed by atoms with E-state index in [2.05, 4.69) is 0 Å². The highest BCUT2D eigenvalue weighted by molar-refractivity contribution is 6.22. The van der Waals surface area contributed by atoms with Crippen LogP contribution in [0.1, 0.15) is 39.6 Å². The largest absolute Gasteiger partial charge is 0.454 e. The maximum atomic E-state index is 12.6. The first kappa shape index (κ1) is 18.9. The van der Waals surface area contributed by atoms with E-state index in [1.54, 1.807) is 29.2 Å². The molecule has 0 N–H and O–H groups in total. The minimum atomic E-state index is -1.12. The molecule has 29 heavy (non-hydrogen) atoms. The molecule has 0 spiro atoms. The third-order valence-electron chi connectivity index (χ3n) is 5.30. The van der Waals surface area contributed by atoms with Crippen LogP contribution in [-0.4, -0.2) is 47.8 Å². The number of hydrogen-bond acceptors (Lipinski definition) is 5. The molecule has 2 heterocycles. The van der Waals surface area contributed by atoms with Gasteiger partial charge in [-0.1, -0.05) is 30.3 Å². The summed E-state index contributed by atoms with van der Waals surface area (Å²) in [5, 5.41) is 0. The fourth-order valence-electron chi connectivity index (χ4n) is 3.79. The standard InChI is InChI=1S/C22H20N2O5/c1-14(24-20(26)16-9-3-4-10-17(16)21(24)27)22(28)29-13-19(25)23-12-6-8-15-7-2-5-11-18(15)23/h2-5,7,9-11,14H,6,8,12-13H2,1H3/t14-/m1/s1. The Morgan fingerprint density at radius 3 is 2.31 bits per heavy atom. The number of esters is 1. The number of aryl methyl sites for hydroxylation is 1. The monoisotopic (exact) mass is 392 g/mol. The van der Waals surface area contributed by atoms with Gasteiger partial charge in [0.25, 0.3) is 17.7 Å². The fourth-order valence-corrected chi connectivity index (χ4v) is 3.79. The van der Waals surface area contributed by atoms with Gasteiger partial charge in [-0.3, -0.25) is 19.3 Å². The van der Waals surface area contributed by atoms with E-state index in [1.807, 2.05) is 24.3 Å². The zero-order valence-electron chi connectivity index (χ0n) is 16.0. The molecule has 0 bridgehead atoms. The van der Waals surface area contributed by atoms with E-state index in [0.717, 1.165) is 29.0 Å². The molecule has 2 aliphatic rings. The Kier molecular flexibility index (Phi) is 4.88. The highest BCUT2D eigenvalue weighted by atomic mass is 16.5. The number of para-hydroxylation sites is 1. The van der Waals surface area contributed by atoms with Crippen molar-refractivity contribution >= 4 is 29.4 Å². The molecule has 2 aliphatic heterocycles. The number of carbonyl (C=O) groups is 4. The Labute approximate surface area is 167 Å². The molecule has 2 aromatic carbocycles. The molecular formula is C22H20N2O5. The lowest BCUT2D eigenvalue weighted by Gasteiger charge is -2.29. The van der Waals surface area contributed by atoms with Crippen LogP contribution < -0.4 is 4.90 Å². The molecule has 0 radical (unpaired) electrons. The van der Waals surface area contributed by atoms with Crippen LogP contribution in [-0.2, 0) is 20.7 Å². The van der Waals surface area contributed by atoms with Crippen LogP contribution in [0.25, 0.3) is 0 Å². The number of benzene rings is 2. The van der Waals surface area contributed by atoms with Crippen LogP contribution in [0.5, 0.6) is 0 Å². The number of nitrogens with zero attached hydrogens (tertiary/aromatic N) is 2. The van der Waals surface area contributed by atoms with Gasteiger partial charge >= 0.3 is 5.97 Å². The van der Waals surface area contributed by atoms with E-state index in [4.69, 9.17) is 4.74 Å². The van der Waals surface area contributed by atoms with Gasteiger partial charge in [-0.15, -0.1) is 0 Å². The Hall–Kier alpha value is -3.48. The van der Waals surface area contributed by atoms with Crippen molar-refractivity contribution in [2.45, 2.75) is 25.8 Å². The number of rotatable bonds is 4. The van der Waals surface area contributed by atoms with Crippen LogP contribution in [0.4, 0.5) is 5.69 Å². The molecule has 0 saturated carbocycles. The molecule has 0 saturated heterocycles. The van der Waals surface area contributed by atoms with E-state index in [9.17, 15) is 19.2 Å². The molecule has 0 aliphatic carbocycles. The first-order valence-electron chi connectivity index (χ1n) is 9.51. The second-order valence-corrected chi connectivity index (χ2v) is 7.09. The number of anilines is 1. The lowest BCUT2D eigenvalue weighted by Crippen LogP contribution is -2.45. The third-order valence-corrected chi connectivity index (χ3v) is 5.30. The summed E-state index contributed by atoms with van der Waals surface area (Å²) in [5.74, 6) is -2.20. The highest BCUT2D eigenvalue weighted by Crippen LogP contribution is 2.27. The van der Waals surface area contributed by atoms with Crippen molar-refractivity contribution in [3.8, 4) is 0 Å². The lowest BCUT2D eigenvalue weighted by atomic mass is 10.0. The predicted molar refractivity (Wildman–Crippen MR) is 104 cm³/mol. The second kappa shape index (κ2) is 7.50. The van der Waals surface area contributed by atoms with Crippen molar-refractivity contribution in [2.75, 3.05) is 18.1 Å². The number of imide groups is 1. The highest BCUT2D eigenvalue weighted by Gasteiger charge is 2.41. The first-order valence-corrected chi connectivity index (χ1v) is 9.51. The number of amides is 3. The van der Waals surface area contributed by atoms with Crippen molar-refractivity contribution in [1.29, 1.82) is 0 Å². The number of fused-ring (bicyclic) bond motifs is 2. The summed E-state index contributed by atoms with van der Waals surface area (Å²) >= 11 is 0. The van der Waals surface area contributed by atoms with Crippen LogP contribution in [0, 0.1) is 0 Å². The molecule has 3 amide bonds. The minimum Gasteiger partial charge on any atom is -0.454 e. The Morgan fingerprint density at radius 2 is 1.62 bits per heavy atom. The van der Waals surface area contributed by atoms with Crippen molar-refractivity contribution in [2.24, 2.45) is 0 Å². The van der Waals surface area contributed by atoms with E-state index in [-0.39, 0.29) is 17.0 Å². The SMILES string of the molecule is C[C@H](C(=O)OCC(=O)N1CCCc2ccccc21)N1C(=O)c2ccccc2C1=O. The smallest absolute Gasteiger partial charge is 0.329 e. The molecule has 0 fully saturated rings. The Balaban J connectivity index is 1.41. The van der Waals surface area contributed by atoms with Crippen LogP contribution in [0.15, 0.2) is 48.5 Å². The van der Waals surface area contributed by atoms with Crippen molar-refractivity contribution in [3.63, 3.8) is 0 Å². The van der Waals surface area contributed by atoms with Gasteiger partial charge in [0, 0.05) is 12.2 Å². The maximum absolute atomic E-state index is 12.6. The van der Waals surface area contributed by atoms with Gasteiger partial charge in [0.15, 0.2) is 6.61 Å². The zero-order valence-corrected chi connectivity index (χ0v) is 16.0.